The third-order valence-corrected chi connectivity index (χ3v) is 0.894. The minimum absolute atomic E-state index is 0.232. The van der Waals surface area contributed by atoms with Crippen LogP contribution in [0.25, 0.3) is 0 Å². The highest BCUT2D eigenvalue weighted by atomic mass is 16.3. The lowest BCUT2D eigenvalue weighted by Gasteiger charge is -2.05. The van der Waals surface area contributed by atoms with Crippen molar-refractivity contribution in [2.45, 2.75) is 13.0 Å². The van der Waals surface area contributed by atoms with Gasteiger partial charge in [0.1, 0.15) is 0 Å². The predicted molar refractivity (Wildman–Crippen MR) is 39.0 cm³/mol. The van der Waals surface area contributed by atoms with Gasteiger partial charge in [-0.05, 0) is 6.92 Å². The zero-order valence-electron chi connectivity index (χ0n) is 6.04. The molecule has 0 aromatic heterocycles. The smallest absolute Gasteiger partial charge is 0.0942 e. The van der Waals surface area contributed by atoms with E-state index in [9.17, 15) is 0 Å². The summed E-state index contributed by atoms with van der Waals surface area (Å²) < 4.78 is 0. The number of aliphatic hydroxyl groups is 2. The molecule has 0 aromatic carbocycles. The summed E-state index contributed by atoms with van der Waals surface area (Å²) in [7, 11) is 0. The van der Waals surface area contributed by atoms with E-state index in [4.69, 9.17) is 15.9 Å². The highest BCUT2D eigenvalue weighted by Crippen LogP contribution is 1.78. The van der Waals surface area contributed by atoms with Crippen LogP contribution in [-0.2, 0) is 0 Å². The third kappa shape index (κ3) is 5.40. The lowest BCUT2D eigenvalue weighted by Crippen LogP contribution is -2.26. The van der Waals surface area contributed by atoms with Crippen molar-refractivity contribution in [3.05, 3.63) is 11.9 Å². The molecule has 0 rings (SSSR count). The van der Waals surface area contributed by atoms with Crippen molar-refractivity contribution in [2.75, 3.05) is 13.2 Å². The van der Waals surface area contributed by atoms with E-state index in [0.717, 1.165) is 0 Å². The van der Waals surface area contributed by atoms with E-state index in [0.29, 0.717) is 12.2 Å². The SMILES string of the molecule is CC(N)=CNCC(O)CO. The van der Waals surface area contributed by atoms with Crippen LogP contribution in [0.15, 0.2) is 11.9 Å². The lowest BCUT2D eigenvalue weighted by atomic mass is 10.4. The highest BCUT2D eigenvalue weighted by molar-refractivity contribution is 4.89. The molecule has 0 aliphatic heterocycles. The van der Waals surface area contributed by atoms with Gasteiger partial charge in [-0.3, -0.25) is 0 Å². The van der Waals surface area contributed by atoms with Gasteiger partial charge in [0, 0.05) is 18.4 Å². The number of hydrogen-bond donors (Lipinski definition) is 4. The van der Waals surface area contributed by atoms with Crippen molar-refractivity contribution in [1.82, 2.24) is 5.32 Å². The topological polar surface area (TPSA) is 78.5 Å². The fourth-order valence-electron chi connectivity index (χ4n) is 0.421. The van der Waals surface area contributed by atoms with E-state index < -0.39 is 6.10 Å². The Labute approximate surface area is 60.4 Å². The van der Waals surface area contributed by atoms with Crippen LogP contribution in [0.4, 0.5) is 0 Å². The quantitative estimate of drug-likeness (QED) is 0.399. The zero-order chi connectivity index (χ0) is 7.98. The van der Waals surface area contributed by atoms with Gasteiger partial charge < -0.3 is 21.3 Å². The molecule has 0 saturated carbocycles. The monoisotopic (exact) mass is 146 g/mol. The Morgan fingerprint density at radius 2 is 2.40 bits per heavy atom. The molecule has 0 heterocycles. The summed E-state index contributed by atoms with van der Waals surface area (Å²) in [6.07, 6.45) is 0.870. The van der Waals surface area contributed by atoms with Gasteiger partial charge in [-0.2, -0.15) is 0 Å². The largest absolute Gasteiger partial charge is 0.401 e. The molecule has 4 nitrogen and oxygen atoms in total. The van der Waals surface area contributed by atoms with Gasteiger partial charge >= 0.3 is 0 Å². The molecule has 0 aromatic rings. The molecule has 4 heteroatoms. The second-order valence-corrected chi connectivity index (χ2v) is 2.13. The summed E-state index contributed by atoms with van der Waals surface area (Å²) in [4.78, 5) is 0. The van der Waals surface area contributed by atoms with Gasteiger partial charge in [-0.15, -0.1) is 0 Å². The van der Waals surface area contributed by atoms with Crippen LogP contribution < -0.4 is 11.1 Å². The van der Waals surface area contributed by atoms with Crippen molar-refractivity contribution in [2.24, 2.45) is 5.73 Å². The normalized spacial score (nSPS) is 14.9. The minimum Gasteiger partial charge on any atom is -0.401 e. The average Bonchev–Trinajstić information content (AvgIpc) is 1.87. The van der Waals surface area contributed by atoms with E-state index in [-0.39, 0.29) is 6.61 Å². The standard InChI is InChI=1S/C6H14N2O2/c1-5(7)2-8-3-6(10)4-9/h2,6,8-10H,3-4,7H2,1H3. The van der Waals surface area contributed by atoms with E-state index in [2.05, 4.69) is 5.32 Å². The number of nitrogens with one attached hydrogen (secondary N) is 1. The first kappa shape index (κ1) is 9.26. The minimum atomic E-state index is -0.712. The Balaban J connectivity index is 3.28. The predicted octanol–water partition coefficient (Wildman–Crippen LogP) is -1.25. The Morgan fingerprint density at radius 1 is 1.80 bits per heavy atom. The average molecular weight is 146 g/mol. The fraction of sp³-hybridized carbons (Fsp3) is 0.667. The molecule has 1 unspecified atom stereocenters. The van der Waals surface area contributed by atoms with E-state index in [1.165, 1.54) is 0 Å². The first-order valence-electron chi connectivity index (χ1n) is 3.11. The van der Waals surface area contributed by atoms with Gasteiger partial charge in [0.05, 0.1) is 12.7 Å². The summed E-state index contributed by atoms with van der Waals surface area (Å²) >= 11 is 0. The molecule has 5 N–H and O–H groups in total. The molecule has 0 spiro atoms. The maximum Gasteiger partial charge on any atom is 0.0942 e. The number of rotatable bonds is 4. The first-order chi connectivity index (χ1) is 4.66. The number of aliphatic hydroxyl groups excluding tert-OH is 2. The molecule has 0 fully saturated rings. The van der Waals surface area contributed by atoms with E-state index >= 15 is 0 Å². The number of nitrogens with two attached hydrogens (primary N) is 1. The van der Waals surface area contributed by atoms with Crippen LogP contribution in [0.1, 0.15) is 6.92 Å². The second kappa shape index (κ2) is 5.08. The maximum atomic E-state index is 8.79. The number of hydrogen-bond acceptors (Lipinski definition) is 4. The van der Waals surface area contributed by atoms with Crippen molar-refractivity contribution in [3.63, 3.8) is 0 Å². The summed E-state index contributed by atoms with van der Waals surface area (Å²) in [5, 5.41) is 19.9. The third-order valence-electron chi connectivity index (χ3n) is 0.894. The summed E-state index contributed by atoms with van der Waals surface area (Å²) in [6.45, 7) is 1.83. The van der Waals surface area contributed by atoms with Gasteiger partial charge in [0.15, 0.2) is 0 Å². The van der Waals surface area contributed by atoms with Crippen molar-refractivity contribution in [1.29, 1.82) is 0 Å². The van der Waals surface area contributed by atoms with Gasteiger partial charge in [-0.1, -0.05) is 0 Å². The molecule has 0 aliphatic carbocycles. The van der Waals surface area contributed by atoms with Crippen LogP contribution in [0.5, 0.6) is 0 Å². The van der Waals surface area contributed by atoms with Crippen LogP contribution in [-0.4, -0.2) is 29.5 Å². The summed E-state index contributed by atoms with van der Waals surface area (Å²) in [5.74, 6) is 0. The Morgan fingerprint density at radius 3 is 2.80 bits per heavy atom. The maximum absolute atomic E-state index is 8.79. The van der Waals surface area contributed by atoms with Crippen LogP contribution >= 0.6 is 0 Å². The van der Waals surface area contributed by atoms with Crippen LogP contribution in [0.3, 0.4) is 0 Å². The molecule has 10 heavy (non-hydrogen) atoms. The second-order valence-electron chi connectivity index (χ2n) is 2.13. The van der Waals surface area contributed by atoms with Crippen molar-refractivity contribution in [3.8, 4) is 0 Å². The Bertz CT molecular complexity index is 110. The molecule has 1 atom stereocenters. The van der Waals surface area contributed by atoms with Gasteiger partial charge in [0.2, 0.25) is 0 Å². The zero-order valence-corrected chi connectivity index (χ0v) is 6.04. The molecule has 0 aliphatic rings. The molecular formula is C6H14N2O2. The fourth-order valence-corrected chi connectivity index (χ4v) is 0.421. The van der Waals surface area contributed by atoms with Gasteiger partial charge in [-0.25, -0.2) is 0 Å². The van der Waals surface area contributed by atoms with Crippen molar-refractivity contribution >= 4 is 0 Å². The van der Waals surface area contributed by atoms with Gasteiger partial charge in [0.25, 0.3) is 0 Å². The summed E-state index contributed by atoms with van der Waals surface area (Å²) in [5.41, 5.74) is 5.92. The van der Waals surface area contributed by atoms with Crippen molar-refractivity contribution < 1.29 is 10.2 Å². The summed E-state index contributed by atoms with van der Waals surface area (Å²) in [6, 6.07) is 0. The van der Waals surface area contributed by atoms with E-state index in [1.807, 2.05) is 0 Å². The molecule has 0 bridgehead atoms. The Kier molecular flexibility index (Phi) is 4.70. The molecule has 0 amide bonds. The van der Waals surface area contributed by atoms with Crippen LogP contribution in [0.2, 0.25) is 0 Å². The first-order valence-corrected chi connectivity index (χ1v) is 3.11. The van der Waals surface area contributed by atoms with Crippen LogP contribution in [0, 0.1) is 0 Å². The van der Waals surface area contributed by atoms with E-state index in [1.54, 1.807) is 13.1 Å². The molecular weight excluding hydrogens is 132 g/mol. The lowest BCUT2D eigenvalue weighted by molar-refractivity contribution is 0.0972. The molecule has 60 valence electrons. The number of allylic oxidation sites excluding steroid dienone is 1. The Hall–Kier alpha value is -0.740. The highest BCUT2D eigenvalue weighted by Gasteiger charge is 1.97. The molecule has 0 radical (unpaired) electrons. The molecule has 0 saturated heterocycles.